The van der Waals surface area contributed by atoms with Crippen LogP contribution in [0.2, 0.25) is 5.02 Å². The van der Waals surface area contributed by atoms with Gasteiger partial charge in [-0.15, -0.1) is 0 Å². The molecule has 6 nitrogen and oxygen atoms in total. The van der Waals surface area contributed by atoms with Crippen LogP contribution in [0.3, 0.4) is 0 Å². The molecule has 0 spiro atoms. The number of nitrogens with one attached hydrogen (secondary N) is 2. The highest BCUT2D eigenvalue weighted by Crippen LogP contribution is 2.18. The zero-order chi connectivity index (χ0) is 20.0. The van der Waals surface area contributed by atoms with Crippen LogP contribution in [0.1, 0.15) is 39.2 Å². The molecule has 1 aromatic rings. The van der Waals surface area contributed by atoms with Crippen LogP contribution in [0, 0.1) is 5.82 Å². The standard InChI is InChI=1S/C19H27ClFN3O3/c1-19(2,3)27-18(26)24-9-5-7-14(12-24)22-11-16(25)23-10-13-6-4-8-15(20)17(13)21/h4,6,8,14,22H,5,7,9-12H2,1-3H3,(H,23,25). The van der Waals surface area contributed by atoms with Gasteiger partial charge in [-0.1, -0.05) is 23.7 Å². The van der Waals surface area contributed by atoms with Gasteiger partial charge in [-0.25, -0.2) is 9.18 Å². The van der Waals surface area contributed by atoms with Crippen LogP contribution in [0.4, 0.5) is 9.18 Å². The molecule has 8 heteroatoms. The molecule has 1 unspecified atom stereocenters. The van der Waals surface area contributed by atoms with E-state index in [9.17, 15) is 14.0 Å². The molecule has 2 amide bonds. The molecule has 1 aromatic carbocycles. The molecule has 0 saturated carbocycles. The number of hydrogen-bond donors (Lipinski definition) is 2. The number of ether oxygens (including phenoxy) is 1. The van der Waals surface area contributed by atoms with Crippen molar-refractivity contribution in [1.82, 2.24) is 15.5 Å². The van der Waals surface area contributed by atoms with Gasteiger partial charge in [-0.05, 0) is 39.7 Å². The van der Waals surface area contributed by atoms with Gasteiger partial charge >= 0.3 is 6.09 Å². The molecule has 0 aromatic heterocycles. The minimum Gasteiger partial charge on any atom is -0.444 e. The number of carbonyl (C=O) groups is 2. The molecule has 2 N–H and O–H groups in total. The highest BCUT2D eigenvalue weighted by atomic mass is 35.5. The number of rotatable bonds is 5. The molecule has 1 fully saturated rings. The normalized spacial score (nSPS) is 17.5. The van der Waals surface area contributed by atoms with Crippen molar-refractivity contribution in [2.75, 3.05) is 19.6 Å². The van der Waals surface area contributed by atoms with Gasteiger partial charge in [0.25, 0.3) is 0 Å². The van der Waals surface area contributed by atoms with Crippen molar-refractivity contribution in [2.45, 2.75) is 51.8 Å². The first kappa shape index (κ1) is 21.4. The summed E-state index contributed by atoms with van der Waals surface area (Å²) in [6.07, 6.45) is 1.37. The van der Waals surface area contributed by atoms with Crippen molar-refractivity contribution in [3.8, 4) is 0 Å². The zero-order valence-corrected chi connectivity index (χ0v) is 16.7. The van der Waals surface area contributed by atoms with Crippen LogP contribution in [0.15, 0.2) is 18.2 Å². The molecule has 150 valence electrons. The molecule has 1 aliphatic rings. The fraction of sp³-hybridized carbons (Fsp3) is 0.579. The Balaban J connectivity index is 1.76. The van der Waals surface area contributed by atoms with Gasteiger partial charge in [-0.3, -0.25) is 4.79 Å². The third-order valence-electron chi connectivity index (χ3n) is 4.13. The average Bonchev–Trinajstić information content (AvgIpc) is 2.60. The van der Waals surface area contributed by atoms with Gasteiger partial charge in [0.15, 0.2) is 0 Å². The van der Waals surface area contributed by atoms with Gasteiger partial charge in [0.05, 0.1) is 11.6 Å². The van der Waals surface area contributed by atoms with Gasteiger partial charge in [0.2, 0.25) is 5.91 Å². The Morgan fingerprint density at radius 3 is 2.81 bits per heavy atom. The van der Waals surface area contributed by atoms with Crippen molar-refractivity contribution >= 4 is 23.6 Å². The van der Waals surface area contributed by atoms with Crippen LogP contribution in [0.25, 0.3) is 0 Å². The predicted molar refractivity (Wildman–Crippen MR) is 102 cm³/mol. The predicted octanol–water partition coefficient (Wildman–Crippen LogP) is 3.08. The SMILES string of the molecule is CC(C)(C)OC(=O)N1CCCC(NCC(=O)NCc2cccc(Cl)c2F)C1. The van der Waals surface area contributed by atoms with E-state index in [1.54, 1.807) is 17.0 Å². The van der Waals surface area contributed by atoms with Crippen LogP contribution in [0.5, 0.6) is 0 Å². The maximum Gasteiger partial charge on any atom is 0.410 e. The third kappa shape index (κ3) is 6.99. The van der Waals surface area contributed by atoms with E-state index in [2.05, 4.69) is 10.6 Å². The van der Waals surface area contributed by atoms with Crippen molar-refractivity contribution in [3.05, 3.63) is 34.6 Å². The lowest BCUT2D eigenvalue weighted by Gasteiger charge is -2.34. The van der Waals surface area contributed by atoms with Gasteiger partial charge < -0.3 is 20.3 Å². The molecule has 1 aliphatic heterocycles. The monoisotopic (exact) mass is 399 g/mol. The first-order chi connectivity index (χ1) is 12.7. The summed E-state index contributed by atoms with van der Waals surface area (Å²) in [6.45, 7) is 6.79. The van der Waals surface area contributed by atoms with Crippen molar-refractivity contribution in [2.24, 2.45) is 0 Å². The maximum atomic E-state index is 13.8. The topological polar surface area (TPSA) is 70.7 Å². The second-order valence-electron chi connectivity index (χ2n) is 7.64. The highest BCUT2D eigenvalue weighted by Gasteiger charge is 2.27. The van der Waals surface area contributed by atoms with Crippen LogP contribution in [-0.2, 0) is 16.1 Å². The summed E-state index contributed by atoms with van der Waals surface area (Å²) in [5.74, 6) is -0.767. The van der Waals surface area contributed by atoms with Gasteiger partial charge in [-0.2, -0.15) is 0 Å². The molecule has 0 aliphatic carbocycles. The number of piperidine rings is 1. The van der Waals surface area contributed by atoms with Crippen molar-refractivity contribution in [3.63, 3.8) is 0 Å². The fourth-order valence-corrected chi connectivity index (χ4v) is 3.01. The number of hydrogen-bond acceptors (Lipinski definition) is 4. The van der Waals surface area contributed by atoms with Crippen molar-refractivity contribution in [1.29, 1.82) is 0 Å². The number of carbonyl (C=O) groups excluding carboxylic acids is 2. The van der Waals surface area contributed by atoms with Gasteiger partial charge in [0.1, 0.15) is 11.4 Å². The Hall–Kier alpha value is -1.86. The van der Waals surface area contributed by atoms with E-state index >= 15 is 0 Å². The summed E-state index contributed by atoms with van der Waals surface area (Å²) >= 11 is 5.73. The smallest absolute Gasteiger partial charge is 0.410 e. The van der Waals surface area contributed by atoms with Crippen LogP contribution >= 0.6 is 11.6 Å². The Morgan fingerprint density at radius 1 is 1.37 bits per heavy atom. The second kappa shape index (κ2) is 9.37. The first-order valence-electron chi connectivity index (χ1n) is 9.06. The Labute approximate surface area is 164 Å². The molecule has 1 atom stereocenters. The van der Waals surface area contributed by atoms with Gasteiger partial charge in [0, 0.05) is 31.2 Å². The second-order valence-corrected chi connectivity index (χ2v) is 8.04. The molecule has 27 heavy (non-hydrogen) atoms. The molecule has 0 radical (unpaired) electrons. The number of nitrogens with zero attached hydrogens (tertiary/aromatic N) is 1. The van der Waals surface area contributed by atoms with E-state index in [1.165, 1.54) is 6.07 Å². The molecule has 1 saturated heterocycles. The number of amides is 2. The average molecular weight is 400 g/mol. The summed E-state index contributed by atoms with van der Waals surface area (Å²) < 4.78 is 19.2. The molecule has 2 rings (SSSR count). The van der Waals surface area contributed by atoms with Crippen LogP contribution in [-0.4, -0.2) is 48.2 Å². The molecule has 0 bridgehead atoms. The quantitative estimate of drug-likeness (QED) is 0.798. The Kier molecular flexibility index (Phi) is 7.44. The van der Waals surface area contributed by atoms with E-state index in [-0.39, 0.29) is 36.2 Å². The summed E-state index contributed by atoms with van der Waals surface area (Å²) in [6, 6.07) is 4.69. The third-order valence-corrected chi connectivity index (χ3v) is 4.42. The number of benzene rings is 1. The highest BCUT2D eigenvalue weighted by molar-refractivity contribution is 6.30. The van der Waals surface area contributed by atoms with E-state index in [0.717, 1.165) is 12.8 Å². The summed E-state index contributed by atoms with van der Waals surface area (Å²) in [5.41, 5.74) is -0.197. The van der Waals surface area contributed by atoms with E-state index in [1.807, 2.05) is 20.8 Å². The number of likely N-dealkylation sites (tertiary alicyclic amines) is 1. The van der Waals surface area contributed by atoms with E-state index in [0.29, 0.717) is 18.7 Å². The molecular weight excluding hydrogens is 373 g/mol. The Bertz CT molecular complexity index is 679. The summed E-state index contributed by atoms with van der Waals surface area (Å²) in [7, 11) is 0. The number of halogens is 2. The molecule has 1 heterocycles. The lowest BCUT2D eigenvalue weighted by Crippen LogP contribution is -2.51. The van der Waals surface area contributed by atoms with E-state index in [4.69, 9.17) is 16.3 Å². The van der Waals surface area contributed by atoms with Crippen LogP contribution < -0.4 is 10.6 Å². The lowest BCUT2D eigenvalue weighted by atomic mass is 10.1. The van der Waals surface area contributed by atoms with Crippen molar-refractivity contribution < 1.29 is 18.7 Å². The Morgan fingerprint density at radius 2 is 2.11 bits per heavy atom. The minimum atomic E-state index is -0.535. The largest absolute Gasteiger partial charge is 0.444 e. The van der Waals surface area contributed by atoms with E-state index < -0.39 is 11.4 Å². The summed E-state index contributed by atoms with van der Waals surface area (Å²) in [4.78, 5) is 25.8. The maximum absolute atomic E-state index is 13.8. The first-order valence-corrected chi connectivity index (χ1v) is 9.44. The zero-order valence-electron chi connectivity index (χ0n) is 16.0. The lowest BCUT2D eigenvalue weighted by molar-refractivity contribution is -0.120. The molecular formula is C19H27ClFN3O3. The fourth-order valence-electron chi connectivity index (χ4n) is 2.81. The summed E-state index contributed by atoms with van der Waals surface area (Å²) in [5, 5.41) is 5.85. The minimum absolute atomic E-state index is 0.0138.